The van der Waals surface area contributed by atoms with Crippen LogP contribution >= 0.6 is 0 Å². The minimum Gasteiger partial charge on any atom is -0.229 e. The number of rotatable bonds is 1. The van der Waals surface area contributed by atoms with Crippen LogP contribution in [0.3, 0.4) is 0 Å². The molecule has 0 saturated carbocycles. The number of hydrogen-bond acceptors (Lipinski definition) is 1. The lowest BCUT2D eigenvalue weighted by molar-refractivity contribution is -0.142. The van der Waals surface area contributed by atoms with Crippen LogP contribution < -0.4 is 0 Å². The van der Waals surface area contributed by atoms with Gasteiger partial charge in [0, 0.05) is 6.07 Å². The van der Waals surface area contributed by atoms with E-state index in [0.717, 1.165) is 24.4 Å². The molecule has 1 aromatic carbocycles. The van der Waals surface area contributed by atoms with Crippen LogP contribution in [0.15, 0.2) is 30.5 Å². The number of nitrogens with zero attached hydrogens (tertiary/aromatic N) is 2. The number of benzene rings is 1. The third-order valence-electron chi connectivity index (χ3n) is 2.08. The summed E-state index contributed by atoms with van der Waals surface area (Å²) in [5, 5.41) is 3.43. The van der Waals surface area contributed by atoms with Crippen molar-refractivity contribution in [1.82, 2.24) is 9.78 Å². The zero-order valence-electron chi connectivity index (χ0n) is 8.17. The zero-order valence-corrected chi connectivity index (χ0v) is 8.17. The second-order valence-corrected chi connectivity index (χ2v) is 3.22. The van der Waals surface area contributed by atoms with Crippen LogP contribution in [0.1, 0.15) is 5.69 Å². The molecular weight excluding hydrogens is 243 g/mol. The van der Waals surface area contributed by atoms with Gasteiger partial charge in [0.15, 0.2) is 11.6 Å². The van der Waals surface area contributed by atoms with Gasteiger partial charge in [0.25, 0.3) is 0 Å². The van der Waals surface area contributed by atoms with Crippen molar-refractivity contribution in [2.75, 3.05) is 0 Å². The molecule has 0 aliphatic heterocycles. The van der Waals surface area contributed by atoms with Gasteiger partial charge < -0.3 is 0 Å². The highest BCUT2D eigenvalue weighted by atomic mass is 19.4. The summed E-state index contributed by atoms with van der Waals surface area (Å²) in [6, 6.07) is 3.16. The van der Waals surface area contributed by atoms with Crippen molar-refractivity contribution in [3.8, 4) is 5.69 Å². The van der Waals surface area contributed by atoms with E-state index in [1.165, 1.54) is 0 Å². The standard InChI is InChI=1S/C10H5F5N2/c11-7-2-1-6(5-8(7)12)17-9(3-4-16-17)10(13,14)15/h1-5H. The molecule has 0 saturated heterocycles. The molecule has 90 valence electrons. The fraction of sp³-hybridized carbons (Fsp3) is 0.100. The maximum Gasteiger partial charge on any atom is 0.433 e. The van der Waals surface area contributed by atoms with Gasteiger partial charge in [-0.05, 0) is 18.2 Å². The third kappa shape index (κ3) is 2.13. The van der Waals surface area contributed by atoms with E-state index in [2.05, 4.69) is 5.10 Å². The van der Waals surface area contributed by atoms with Crippen molar-refractivity contribution >= 4 is 0 Å². The maximum atomic E-state index is 12.9. The molecule has 0 atom stereocenters. The summed E-state index contributed by atoms with van der Waals surface area (Å²) in [5.41, 5.74) is -1.25. The molecular formula is C10H5F5N2. The van der Waals surface area contributed by atoms with Gasteiger partial charge in [0.2, 0.25) is 0 Å². The fourth-order valence-electron chi connectivity index (χ4n) is 1.34. The van der Waals surface area contributed by atoms with Crippen molar-refractivity contribution in [3.63, 3.8) is 0 Å². The number of hydrogen-bond donors (Lipinski definition) is 0. The van der Waals surface area contributed by atoms with Gasteiger partial charge in [-0.25, -0.2) is 13.5 Å². The predicted molar refractivity (Wildman–Crippen MR) is 48.5 cm³/mol. The molecule has 0 spiro atoms. The lowest BCUT2D eigenvalue weighted by Gasteiger charge is -2.10. The van der Waals surface area contributed by atoms with Crippen LogP contribution in [0.4, 0.5) is 22.0 Å². The van der Waals surface area contributed by atoms with Gasteiger partial charge in [0.1, 0.15) is 5.69 Å². The average molecular weight is 248 g/mol. The van der Waals surface area contributed by atoms with E-state index in [-0.39, 0.29) is 5.69 Å². The maximum absolute atomic E-state index is 12.9. The van der Waals surface area contributed by atoms with Gasteiger partial charge in [-0.2, -0.15) is 18.3 Å². The van der Waals surface area contributed by atoms with Crippen LogP contribution in [-0.2, 0) is 6.18 Å². The highest BCUT2D eigenvalue weighted by Gasteiger charge is 2.35. The first-order valence-corrected chi connectivity index (χ1v) is 4.46. The molecule has 0 aliphatic carbocycles. The Kier molecular flexibility index (Phi) is 2.60. The first-order chi connectivity index (χ1) is 7.89. The summed E-state index contributed by atoms with van der Waals surface area (Å²) in [6.45, 7) is 0. The third-order valence-corrected chi connectivity index (χ3v) is 2.08. The Labute approximate surface area is 92.3 Å². The second-order valence-electron chi connectivity index (χ2n) is 3.22. The van der Waals surface area contributed by atoms with Crippen molar-refractivity contribution in [1.29, 1.82) is 0 Å². The van der Waals surface area contributed by atoms with E-state index in [4.69, 9.17) is 0 Å². The molecule has 1 heterocycles. The molecule has 17 heavy (non-hydrogen) atoms. The summed E-state index contributed by atoms with van der Waals surface area (Å²) in [4.78, 5) is 0. The molecule has 0 N–H and O–H groups in total. The Morgan fingerprint density at radius 1 is 1.00 bits per heavy atom. The van der Waals surface area contributed by atoms with E-state index in [0.29, 0.717) is 10.7 Å². The summed E-state index contributed by atoms with van der Waals surface area (Å²) in [5.74, 6) is -2.36. The highest BCUT2D eigenvalue weighted by molar-refractivity contribution is 5.34. The fourth-order valence-corrected chi connectivity index (χ4v) is 1.34. The topological polar surface area (TPSA) is 17.8 Å². The minimum absolute atomic E-state index is 0.193. The smallest absolute Gasteiger partial charge is 0.229 e. The van der Waals surface area contributed by atoms with Gasteiger partial charge in [-0.3, -0.25) is 0 Å². The van der Waals surface area contributed by atoms with Crippen molar-refractivity contribution in [2.45, 2.75) is 6.18 Å². The second kappa shape index (κ2) is 3.83. The Morgan fingerprint density at radius 3 is 2.29 bits per heavy atom. The molecule has 0 fully saturated rings. The Hall–Kier alpha value is -1.92. The average Bonchev–Trinajstić information content (AvgIpc) is 2.70. The summed E-state index contributed by atoms with van der Waals surface area (Å²) in [6.07, 6.45) is -3.68. The normalized spacial score (nSPS) is 11.8. The van der Waals surface area contributed by atoms with Crippen molar-refractivity contribution in [2.24, 2.45) is 0 Å². The van der Waals surface area contributed by atoms with Crippen LogP contribution in [0.2, 0.25) is 0 Å². The molecule has 2 nitrogen and oxygen atoms in total. The minimum atomic E-state index is -4.61. The van der Waals surface area contributed by atoms with E-state index in [9.17, 15) is 22.0 Å². The van der Waals surface area contributed by atoms with E-state index >= 15 is 0 Å². The zero-order chi connectivity index (χ0) is 12.6. The molecule has 0 aliphatic rings. The Balaban J connectivity index is 2.54. The summed E-state index contributed by atoms with van der Waals surface area (Å²) in [7, 11) is 0. The Bertz CT molecular complexity index is 544. The molecule has 0 unspecified atom stereocenters. The highest BCUT2D eigenvalue weighted by Crippen LogP contribution is 2.30. The predicted octanol–water partition coefficient (Wildman–Crippen LogP) is 3.17. The number of alkyl halides is 3. The summed E-state index contributed by atoms with van der Waals surface area (Å²) < 4.78 is 63.6. The van der Waals surface area contributed by atoms with Crippen LogP contribution in [0, 0.1) is 11.6 Å². The largest absolute Gasteiger partial charge is 0.433 e. The van der Waals surface area contributed by atoms with Crippen LogP contribution in [-0.4, -0.2) is 9.78 Å². The van der Waals surface area contributed by atoms with Crippen molar-refractivity contribution < 1.29 is 22.0 Å². The molecule has 0 bridgehead atoms. The first kappa shape index (κ1) is 11.6. The van der Waals surface area contributed by atoms with E-state index in [1.807, 2.05) is 0 Å². The molecule has 0 amide bonds. The van der Waals surface area contributed by atoms with E-state index in [1.54, 1.807) is 0 Å². The molecule has 2 aromatic rings. The van der Waals surface area contributed by atoms with Gasteiger partial charge in [0.05, 0.1) is 11.9 Å². The van der Waals surface area contributed by atoms with Crippen molar-refractivity contribution in [3.05, 3.63) is 47.8 Å². The first-order valence-electron chi connectivity index (χ1n) is 4.46. The molecule has 7 heteroatoms. The molecule has 1 aromatic heterocycles. The molecule has 2 rings (SSSR count). The van der Waals surface area contributed by atoms with Gasteiger partial charge >= 0.3 is 6.18 Å². The van der Waals surface area contributed by atoms with E-state index < -0.39 is 23.5 Å². The quantitative estimate of drug-likeness (QED) is 0.709. The van der Waals surface area contributed by atoms with Gasteiger partial charge in [-0.1, -0.05) is 0 Å². The lowest BCUT2D eigenvalue weighted by Crippen LogP contribution is -2.13. The van der Waals surface area contributed by atoms with Crippen LogP contribution in [0.25, 0.3) is 5.69 Å². The monoisotopic (exact) mass is 248 g/mol. The van der Waals surface area contributed by atoms with Gasteiger partial charge in [-0.15, -0.1) is 0 Å². The molecule has 0 radical (unpaired) electrons. The Morgan fingerprint density at radius 2 is 1.71 bits per heavy atom. The summed E-state index contributed by atoms with van der Waals surface area (Å²) >= 11 is 0. The SMILES string of the molecule is Fc1ccc(-n2nccc2C(F)(F)F)cc1F. The van der Waals surface area contributed by atoms with Crippen LogP contribution in [0.5, 0.6) is 0 Å². The number of aromatic nitrogens is 2. The number of halogens is 5. The lowest BCUT2D eigenvalue weighted by atomic mass is 10.3.